The van der Waals surface area contributed by atoms with E-state index in [2.05, 4.69) is 6.07 Å². The molecular weight excluding hydrogens is 238 g/mol. The van der Waals surface area contributed by atoms with Gasteiger partial charge in [0.2, 0.25) is 0 Å². The lowest BCUT2D eigenvalue weighted by molar-refractivity contribution is 0.0977. The maximum Gasteiger partial charge on any atom is 0.274 e. The van der Waals surface area contributed by atoms with Crippen molar-refractivity contribution in [3.8, 4) is 0 Å². The molecule has 0 atom stereocenters. The van der Waals surface area contributed by atoms with Crippen LogP contribution in [0.5, 0.6) is 0 Å². The van der Waals surface area contributed by atoms with E-state index in [1.807, 2.05) is 30.1 Å². The summed E-state index contributed by atoms with van der Waals surface area (Å²) in [6, 6.07) is 9.84. The van der Waals surface area contributed by atoms with Crippen molar-refractivity contribution in [2.24, 2.45) is 7.05 Å². The lowest BCUT2D eigenvalue weighted by Gasteiger charge is -2.29. The van der Waals surface area contributed by atoms with Gasteiger partial charge in [-0.2, -0.15) is 0 Å². The Labute approximate surface area is 112 Å². The number of amides is 1. The Morgan fingerprint density at radius 3 is 2.84 bits per heavy atom. The number of nitrogens with zero attached hydrogens (tertiary/aromatic N) is 2. The molecule has 2 N–H and O–H groups in total. The smallest absolute Gasteiger partial charge is 0.274 e. The molecule has 0 fully saturated rings. The predicted molar refractivity (Wildman–Crippen MR) is 76.3 cm³/mol. The van der Waals surface area contributed by atoms with Crippen LogP contribution in [0.3, 0.4) is 0 Å². The van der Waals surface area contributed by atoms with E-state index in [-0.39, 0.29) is 5.91 Å². The Hall–Kier alpha value is -2.23. The van der Waals surface area contributed by atoms with Gasteiger partial charge in [0.05, 0.1) is 5.69 Å². The van der Waals surface area contributed by atoms with Crippen LogP contribution in [-0.4, -0.2) is 17.0 Å². The number of nitrogen functional groups attached to an aromatic ring is 1. The molecule has 0 radical (unpaired) electrons. The maximum absolute atomic E-state index is 12.6. The first kappa shape index (κ1) is 11.8. The number of benzene rings is 1. The van der Waals surface area contributed by atoms with Gasteiger partial charge in [0.25, 0.3) is 5.91 Å². The highest BCUT2D eigenvalue weighted by molar-refractivity contribution is 6.06. The molecule has 1 aromatic carbocycles. The maximum atomic E-state index is 12.6. The molecule has 2 heterocycles. The van der Waals surface area contributed by atoms with E-state index >= 15 is 0 Å². The van der Waals surface area contributed by atoms with Gasteiger partial charge in [0, 0.05) is 25.5 Å². The minimum Gasteiger partial charge on any atom is -0.397 e. The van der Waals surface area contributed by atoms with Crippen LogP contribution in [0.1, 0.15) is 22.5 Å². The second kappa shape index (κ2) is 4.46. The topological polar surface area (TPSA) is 51.3 Å². The van der Waals surface area contributed by atoms with Gasteiger partial charge in [-0.05, 0) is 30.5 Å². The molecule has 1 aliphatic heterocycles. The second-order valence-corrected chi connectivity index (χ2v) is 4.96. The molecule has 1 amide bonds. The van der Waals surface area contributed by atoms with E-state index in [0.29, 0.717) is 11.4 Å². The molecule has 2 aromatic rings. The SMILES string of the molecule is Cn1cc(N)cc1C(=O)N1CCCc2ccccc21. The van der Waals surface area contributed by atoms with Gasteiger partial charge >= 0.3 is 0 Å². The molecule has 19 heavy (non-hydrogen) atoms. The highest BCUT2D eigenvalue weighted by Crippen LogP contribution is 2.28. The first-order chi connectivity index (χ1) is 9.16. The van der Waals surface area contributed by atoms with Crippen molar-refractivity contribution < 1.29 is 4.79 Å². The van der Waals surface area contributed by atoms with Crippen molar-refractivity contribution in [2.45, 2.75) is 12.8 Å². The van der Waals surface area contributed by atoms with Crippen LogP contribution < -0.4 is 10.6 Å². The molecule has 0 spiro atoms. The summed E-state index contributed by atoms with van der Waals surface area (Å²) in [7, 11) is 1.85. The number of fused-ring (bicyclic) bond motifs is 1. The van der Waals surface area contributed by atoms with Crippen molar-refractivity contribution in [3.63, 3.8) is 0 Å². The molecule has 98 valence electrons. The van der Waals surface area contributed by atoms with Gasteiger partial charge in [0.1, 0.15) is 5.69 Å². The molecule has 4 heteroatoms. The van der Waals surface area contributed by atoms with Crippen LogP contribution in [0.2, 0.25) is 0 Å². The van der Waals surface area contributed by atoms with Gasteiger partial charge in [0.15, 0.2) is 0 Å². The largest absolute Gasteiger partial charge is 0.397 e. The molecule has 0 bridgehead atoms. The average molecular weight is 255 g/mol. The van der Waals surface area contributed by atoms with E-state index in [1.54, 1.807) is 16.8 Å². The van der Waals surface area contributed by atoms with Gasteiger partial charge in [-0.3, -0.25) is 4.79 Å². The van der Waals surface area contributed by atoms with E-state index in [9.17, 15) is 4.79 Å². The second-order valence-electron chi connectivity index (χ2n) is 4.96. The first-order valence-corrected chi connectivity index (χ1v) is 6.48. The molecular formula is C15H17N3O. The molecule has 1 aliphatic rings. The summed E-state index contributed by atoms with van der Waals surface area (Å²) in [6.07, 6.45) is 3.81. The van der Waals surface area contributed by atoms with Crippen LogP contribution in [0, 0.1) is 0 Å². The fourth-order valence-corrected chi connectivity index (χ4v) is 2.69. The van der Waals surface area contributed by atoms with Gasteiger partial charge in [-0.15, -0.1) is 0 Å². The number of nitrogens with two attached hydrogens (primary N) is 1. The molecule has 3 rings (SSSR count). The highest BCUT2D eigenvalue weighted by atomic mass is 16.2. The van der Waals surface area contributed by atoms with E-state index in [4.69, 9.17) is 5.73 Å². The summed E-state index contributed by atoms with van der Waals surface area (Å²) in [5.74, 6) is 0.0198. The third kappa shape index (κ3) is 1.99. The van der Waals surface area contributed by atoms with Crippen LogP contribution in [0.4, 0.5) is 11.4 Å². The zero-order chi connectivity index (χ0) is 13.4. The van der Waals surface area contributed by atoms with Crippen molar-refractivity contribution in [3.05, 3.63) is 47.8 Å². The lowest BCUT2D eigenvalue weighted by Crippen LogP contribution is -2.36. The van der Waals surface area contributed by atoms with Gasteiger partial charge < -0.3 is 15.2 Å². The Bertz CT molecular complexity index is 630. The summed E-state index contributed by atoms with van der Waals surface area (Å²) in [4.78, 5) is 14.5. The predicted octanol–water partition coefficient (Wildman–Crippen LogP) is 2.20. The number of carbonyl (C=O) groups is 1. The highest BCUT2D eigenvalue weighted by Gasteiger charge is 2.24. The number of hydrogen-bond acceptors (Lipinski definition) is 2. The zero-order valence-corrected chi connectivity index (χ0v) is 11.0. The summed E-state index contributed by atoms with van der Waals surface area (Å²) in [5.41, 5.74) is 9.27. The van der Waals surface area contributed by atoms with Crippen molar-refractivity contribution in [2.75, 3.05) is 17.2 Å². The summed E-state index contributed by atoms with van der Waals surface area (Å²) in [5, 5.41) is 0. The zero-order valence-electron chi connectivity index (χ0n) is 11.0. The minimum atomic E-state index is 0.0198. The third-order valence-corrected chi connectivity index (χ3v) is 3.60. The lowest BCUT2D eigenvalue weighted by atomic mass is 10.0. The number of para-hydroxylation sites is 1. The fourth-order valence-electron chi connectivity index (χ4n) is 2.69. The summed E-state index contributed by atoms with van der Waals surface area (Å²) < 4.78 is 1.79. The van der Waals surface area contributed by atoms with Crippen LogP contribution in [0.25, 0.3) is 0 Å². The minimum absolute atomic E-state index is 0.0198. The number of anilines is 2. The summed E-state index contributed by atoms with van der Waals surface area (Å²) in [6.45, 7) is 0.765. The summed E-state index contributed by atoms with van der Waals surface area (Å²) >= 11 is 0. The molecule has 4 nitrogen and oxygen atoms in total. The number of aryl methyl sites for hydroxylation is 2. The van der Waals surface area contributed by atoms with Gasteiger partial charge in [-0.25, -0.2) is 0 Å². The number of rotatable bonds is 1. The number of carbonyl (C=O) groups excluding carboxylic acids is 1. The fraction of sp³-hybridized carbons (Fsp3) is 0.267. The van der Waals surface area contributed by atoms with E-state index in [0.717, 1.165) is 25.1 Å². The van der Waals surface area contributed by atoms with E-state index in [1.165, 1.54) is 5.56 Å². The van der Waals surface area contributed by atoms with Crippen molar-refractivity contribution in [1.82, 2.24) is 4.57 Å². The molecule has 0 saturated carbocycles. The Kier molecular flexibility index (Phi) is 2.78. The Morgan fingerprint density at radius 2 is 2.11 bits per heavy atom. The van der Waals surface area contributed by atoms with E-state index < -0.39 is 0 Å². The first-order valence-electron chi connectivity index (χ1n) is 6.48. The quantitative estimate of drug-likeness (QED) is 0.849. The molecule has 0 aliphatic carbocycles. The Balaban J connectivity index is 2.00. The van der Waals surface area contributed by atoms with Crippen LogP contribution >= 0.6 is 0 Å². The Morgan fingerprint density at radius 1 is 1.32 bits per heavy atom. The monoisotopic (exact) mass is 255 g/mol. The molecule has 0 unspecified atom stereocenters. The average Bonchev–Trinajstić information content (AvgIpc) is 2.76. The van der Waals surface area contributed by atoms with Crippen LogP contribution in [-0.2, 0) is 13.5 Å². The normalized spacial score (nSPS) is 14.3. The van der Waals surface area contributed by atoms with Gasteiger partial charge in [-0.1, -0.05) is 18.2 Å². The van der Waals surface area contributed by atoms with Crippen molar-refractivity contribution in [1.29, 1.82) is 0 Å². The third-order valence-electron chi connectivity index (χ3n) is 3.60. The molecule has 1 aromatic heterocycles. The van der Waals surface area contributed by atoms with Crippen LogP contribution in [0.15, 0.2) is 36.5 Å². The molecule has 0 saturated heterocycles. The standard InChI is InChI=1S/C15H17N3O/c1-17-10-12(16)9-14(17)15(19)18-8-4-6-11-5-2-3-7-13(11)18/h2-3,5,7,9-10H,4,6,8,16H2,1H3. The van der Waals surface area contributed by atoms with Crippen molar-refractivity contribution >= 4 is 17.3 Å². The number of hydrogen-bond donors (Lipinski definition) is 1. The number of aromatic nitrogens is 1.